The first kappa shape index (κ1) is 20.5. The maximum Gasteiger partial charge on any atom is 0.396 e. The maximum atomic E-state index is 11.4. The van der Waals surface area contributed by atoms with Crippen LogP contribution in [0.2, 0.25) is 0 Å². The van der Waals surface area contributed by atoms with Crippen molar-refractivity contribution in [3.05, 3.63) is 34.4 Å². The van der Waals surface area contributed by atoms with E-state index >= 15 is 0 Å². The van der Waals surface area contributed by atoms with Gasteiger partial charge in [-0.25, -0.2) is 4.79 Å². The Morgan fingerprint density at radius 1 is 1.19 bits per heavy atom. The summed E-state index contributed by atoms with van der Waals surface area (Å²) in [5.41, 5.74) is -0.175. The first-order valence-electron chi connectivity index (χ1n) is 7.71. The van der Waals surface area contributed by atoms with Crippen LogP contribution >= 0.6 is 0 Å². The molecule has 148 valence electrons. The molecule has 0 aliphatic carbocycles. The Labute approximate surface area is 152 Å². The van der Waals surface area contributed by atoms with Crippen molar-refractivity contribution in [3.63, 3.8) is 0 Å². The van der Waals surface area contributed by atoms with E-state index in [0.29, 0.717) is 0 Å². The van der Waals surface area contributed by atoms with E-state index in [-0.39, 0.29) is 18.0 Å². The van der Waals surface area contributed by atoms with Crippen LogP contribution in [0.25, 0.3) is 0 Å². The van der Waals surface area contributed by atoms with Gasteiger partial charge in [-0.3, -0.25) is 14.9 Å². The number of ether oxygens (including phenoxy) is 3. The lowest BCUT2D eigenvalue weighted by Gasteiger charge is -2.40. The highest BCUT2D eigenvalue weighted by Crippen LogP contribution is 2.25. The number of methoxy groups -OCH3 is 1. The zero-order chi connectivity index (χ0) is 20.1. The van der Waals surface area contributed by atoms with Crippen molar-refractivity contribution in [2.24, 2.45) is 0 Å². The normalized spacial score (nSPS) is 27.5. The zero-order valence-electron chi connectivity index (χ0n) is 14.0. The SMILES string of the molecule is COC(=O)C(=O)NC[C@H]1O[C@H](Oc2ccc([N+](=O)[O-])cc2)[C@@H](O)[C@@H](O)[C@@H]1O. The fourth-order valence-electron chi connectivity index (χ4n) is 2.32. The summed E-state index contributed by atoms with van der Waals surface area (Å²) in [6.45, 7) is -0.376. The number of rotatable bonds is 5. The minimum Gasteiger partial charge on any atom is -0.462 e. The fraction of sp³-hybridized carbons (Fsp3) is 0.467. The van der Waals surface area contributed by atoms with Gasteiger partial charge in [0, 0.05) is 18.7 Å². The van der Waals surface area contributed by atoms with Crippen LogP contribution in [0.4, 0.5) is 5.69 Å². The van der Waals surface area contributed by atoms with E-state index < -0.39 is 47.5 Å². The Balaban J connectivity index is 2.04. The molecule has 1 saturated heterocycles. The number of non-ortho nitro benzene ring substituents is 1. The lowest BCUT2D eigenvalue weighted by Crippen LogP contribution is -2.61. The first-order chi connectivity index (χ1) is 12.7. The molecule has 1 aromatic carbocycles. The number of carbonyl (C=O) groups is 2. The highest BCUT2D eigenvalue weighted by Gasteiger charge is 2.45. The van der Waals surface area contributed by atoms with Gasteiger partial charge in [-0.2, -0.15) is 0 Å². The van der Waals surface area contributed by atoms with E-state index in [2.05, 4.69) is 10.1 Å². The van der Waals surface area contributed by atoms with Crippen molar-refractivity contribution in [3.8, 4) is 5.75 Å². The molecular weight excluding hydrogens is 368 g/mol. The number of nitro groups is 1. The van der Waals surface area contributed by atoms with Crippen molar-refractivity contribution in [2.75, 3.05) is 13.7 Å². The summed E-state index contributed by atoms with van der Waals surface area (Å²) in [4.78, 5) is 32.5. The third-order valence-electron chi connectivity index (χ3n) is 3.80. The van der Waals surface area contributed by atoms with Gasteiger partial charge in [0.1, 0.15) is 30.2 Å². The summed E-state index contributed by atoms with van der Waals surface area (Å²) in [5.74, 6) is -2.13. The van der Waals surface area contributed by atoms with Crippen molar-refractivity contribution in [2.45, 2.75) is 30.7 Å². The molecule has 2 rings (SSSR count). The number of esters is 1. The Morgan fingerprint density at radius 2 is 1.81 bits per heavy atom. The Bertz CT molecular complexity index is 694. The van der Waals surface area contributed by atoms with Gasteiger partial charge in [-0.05, 0) is 12.1 Å². The summed E-state index contributed by atoms with van der Waals surface area (Å²) in [5, 5.41) is 42.7. The second kappa shape index (κ2) is 8.73. The Morgan fingerprint density at radius 3 is 2.37 bits per heavy atom. The summed E-state index contributed by atoms with van der Waals surface area (Å²) < 4.78 is 14.9. The van der Waals surface area contributed by atoms with Crippen molar-refractivity contribution in [1.82, 2.24) is 5.32 Å². The summed E-state index contributed by atoms with van der Waals surface area (Å²) in [6.07, 6.45) is -7.52. The molecule has 1 amide bonds. The number of benzene rings is 1. The third kappa shape index (κ3) is 4.89. The smallest absolute Gasteiger partial charge is 0.396 e. The quantitative estimate of drug-likeness (QED) is 0.193. The Kier molecular flexibility index (Phi) is 6.63. The largest absolute Gasteiger partial charge is 0.462 e. The molecule has 1 aliphatic heterocycles. The van der Waals surface area contributed by atoms with Crippen LogP contribution in [-0.4, -0.2) is 76.5 Å². The van der Waals surface area contributed by atoms with Crippen molar-refractivity contribution < 1.29 is 44.0 Å². The Hall–Kier alpha value is -2.80. The molecule has 0 bridgehead atoms. The van der Waals surface area contributed by atoms with Crippen LogP contribution in [0.3, 0.4) is 0 Å². The second-order valence-electron chi connectivity index (χ2n) is 5.59. The van der Waals surface area contributed by atoms with Crippen LogP contribution in [0.1, 0.15) is 0 Å². The van der Waals surface area contributed by atoms with Gasteiger partial charge in [-0.1, -0.05) is 0 Å². The van der Waals surface area contributed by atoms with E-state index in [1.807, 2.05) is 0 Å². The summed E-state index contributed by atoms with van der Waals surface area (Å²) in [6, 6.07) is 4.87. The number of nitro benzene ring substituents is 1. The van der Waals surface area contributed by atoms with E-state index in [1.165, 1.54) is 24.3 Å². The van der Waals surface area contributed by atoms with Crippen LogP contribution < -0.4 is 10.1 Å². The molecule has 1 aromatic rings. The van der Waals surface area contributed by atoms with Gasteiger partial charge in [-0.15, -0.1) is 0 Å². The van der Waals surface area contributed by atoms with E-state index in [4.69, 9.17) is 9.47 Å². The van der Waals surface area contributed by atoms with Crippen molar-refractivity contribution in [1.29, 1.82) is 0 Å². The zero-order valence-corrected chi connectivity index (χ0v) is 14.0. The molecule has 1 heterocycles. The molecule has 0 radical (unpaired) electrons. The molecule has 5 atom stereocenters. The number of nitrogens with one attached hydrogen (secondary N) is 1. The topological polar surface area (TPSA) is 178 Å². The molecule has 4 N–H and O–H groups in total. The number of amides is 1. The predicted octanol–water partition coefficient (Wildman–Crippen LogP) is -1.93. The van der Waals surface area contributed by atoms with Crippen LogP contribution in [0.5, 0.6) is 5.75 Å². The number of aliphatic hydroxyl groups is 3. The summed E-state index contributed by atoms with van der Waals surface area (Å²) in [7, 11) is 1.02. The van der Waals surface area contributed by atoms with E-state index in [1.54, 1.807) is 0 Å². The summed E-state index contributed by atoms with van der Waals surface area (Å²) >= 11 is 0. The fourth-order valence-corrected chi connectivity index (χ4v) is 2.32. The number of carbonyl (C=O) groups excluding carboxylic acids is 2. The molecule has 12 nitrogen and oxygen atoms in total. The van der Waals surface area contributed by atoms with Crippen LogP contribution in [-0.2, 0) is 19.1 Å². The van der Waals surface area contributed by atoms with Gasteiger partial charge in [0.2, 0.25) is 6.29 Å². The minimum atomic E-state index is -1.66. The maximum absolute atomic E-state index is 11.4. The number of hydrogen-bond acceptors (Lipinski definition) is 10. The third-order valence-corrected chi connectivity index (χ3v) is 3.80. The standard InChI is InChI=1S/C15H18N2O10/c1-25-14(22)13(21)16-6-9-10(18)11(19)12(20)15(27-9)26-8-4-2-7(3-5-8)17(23)24/h2-5,9-12,15,18-20H,6H2,1H3,(H,16,21)/t9-,10-,11+,12+,15+/m1/s1. The van der Waals surface area contributed by atoms with Gasteiger partial charge < -0.3 is 34.8 Å². The van der Waals surface area contributed by atoms with Gasteiger partial charge in [0.25, 0.3) is 5.69 Å². The number of hydrogen-bond donors (Lipinski definition) is 4. The highest BCUT2D eigenvalue weighted by atomic mass is 16.7. The lowest BCUT2D eigenvalue weighted by molar-refractivity contribution is -0.384. The number of nitrogens with zero attached hydrogens (tertiary/aromatic N) is 1. The van der Waals surface area contributed by atoms with Crippen LogP contribution in [0, 0.1) is 10.1 Å². The van der Waals surface area contributed by atoms with Gasteiger partial charge >= 0.3 is 11.9 Å². The van der Waals surface area contributed by atoms with Gasteiger partial charge in [0.15, 0.2) is 0 Å². The second-order valence-corrected chi connectivity index (χ2v) is 5.59. The monoisotopic (exact) mass is 386 g/mol. The van der Waals surface area contributed by atoms with E-state index in [0.717, 1.165) is 7.11 Å². The highest BCUT2D eigenvalue weighted by molar-refractivity contribution is 6.32. The lowest BCUT2D eigenvalue weighted by atomic mass is 9.99. The predicted molar refractivity (Wildman–Crippen MR) is 85.4 cm³/mol. The average molecular weight is 386 g/mol. The number of aliphatic hydroxyl groups excluding tert-OH is 3. The van der Waals surface area contributed by atoms with E-state index in [9.17, 15) is 35.0 Å². The average Bonchev–Trinajstić information content (AvgIpc) is 2.66. The molecule has 1 fully saturated rings. The molecule has 0 unspecified atom stereocenters. The minimum absolute atomic E-state index is 0.102. The molecule has 0 spiro atoms. The molecule has 1 aliphatic rings. The molecule has 12 heteroatoms. The first-order valence-corrected chi connectivity index (χ1v) is 7.71. The molecule has 27 heavy (non-hydrogen) atoms. The molecular formula is C15H18N2O10. The molecule has 0 aromatic heterocycles. The molecule has 0 saturated carbocycles. The van der Waals surface area contributed by atoms with Crippen molar-refractivity contribution >= 4 is 17.6 Å². The van der Waals surface area contributed by atoms with Crippen LogP contribution in [0.15, 0.2) is 24.3 Å². The van der Waals surface area contributed by atoms with Gasteiger partial charge in [0.05, 0.1) is 12.0 Å².